The Labute approximate surface area is 452 Å². The Morgan fingerprint density at radius 3 is 0.890 bits per heavy atom. The van der Waals surface area contributed by atoms with Crippen LogP contribution in [-0.4, -0.2) is 36.4 Å². The van der Waals surface area contributed by atoms with Crippen molar-refractivity contribution in [1.29, 1.82) is 0 Å². The van der Waals surface area contributed by atoms with Crippen LogP contribution in [0.4, 0.5) is 0 Å². The second-order valence-corrected chi connectivity index (χ2v) is 20.1. The molecule has 0 amide bonds. The number of esters is 2. The number of allylic oxidation sites excluding steroid dienone is 20. The van der Waals surface area contributed by atoms with Crippen LogP contribution in [0.2, 0.25) is 0 Å². The fraction of sp³-hybridized carbons (Fsp3) is 0.676. The summed E-state index contributed by atoms with van der Waals surface area (Å²) in [5.41, 5.74) is 0. The van der Waals surface area contributed by atoms with Gasteiger partial charge < -0.3 is 14.6 Å². The molecule has 73 heavy (non-hydrogen) atoms. The van der Waals surface area contributed by atoms with Gasteiger partial charge in [0.2, 0.25) is 0 Å². The summed E-state index contributed by atoms with van der Waals surface area (Å²) in [6.07, 6.45) is 91.8. The van der Waals surface area contributed by atoms with Crippen LogP contribution in [0.5, 0.6) is 0 Å². The highest BCUT2D eigenvalue weighted by Crippen LogP contribution is 2.16. The molecule has 0 bridgehead atoms. The van der Waals surface area contributed by atoms with E-state index in [4.69, 9.17) is 9.47 Å². The quantitative estimate of drug-likeness (QED) is 0.0373. The lowest BCUT2D eigenvalue weighted by Crippen LogP contribution is -2.28. The van der Waals surface area contributed by atoms with Crippen LogP contribution in [0.3, 0.4) is 0 Å². The highest BCUT2D eigenvalue weighted by atomic mass is 16.6. The Morgan fingerprint density at radius 1 is 0.329 bits per heavy atom. The Kier molecular flexibility index (Phi) is 59.4. The van der Waals surface area contributed by atoms with Crippen LogP contribution in [-0.2, 0) is 19.1 Å². The Hall–Kier alpha value is -3.70. The van der Waals surface area contributed by atoms with Gasteiger partial charge in [0, 0.05) is 12.8 Å². The highest BCUT2D eigenvalue weighted by Gasteiger charge is 2.16. The molecule has 5 nitrogen and oxygen atoms in total. The van der Waals surface area contributed by atoms with Crippen LogP contribution in [0.1, 0.15) is 277 Å². The lowest BCUT2D eigenvalue weighted by atomic mass is 10.0. The van der Waals surface area contributed by atoms with Gasteiger partial charge in [-0.05, 0) is 89.9 Å². The minimum Gasteiger partial charge on any atom is -0.462 e. The molecule has 0 aliphatic carbocycles. The lowest BCUT2D eigenvalue weighted by molar-refractivity contribution is -0.161. The molecule has 0 radical (unpaired) electrons. The predicted molar refractivity (Wildman–Crippen MR) is 320 cm³/mol. The van der Waals surface area contributed by atoms with Gasteiger partial charge in [0.25, 0.3) is 0 Å². The summed E-state index contributed by atoms with van der Waals surface area (Å²) in [5.74, 6) is -0.617. The third kappa shape index (κ3) is 60.7. The number of aliphatic hydroxyl groups excluding tert-OH is 1. The van der Waals surface area contributed by atoms with Crippen molar-refractivity contribution >= 4 is 11.9 Å². The average Bonchev–Trinajstić information content (AvgIpc) is 3.39. The van der Waals surface area contributed by atoms with Crippen molar-refractivity contribution in [2.75, 3.05) is 13.2 Å². The van der Waals surface area contributed by atoms with Gasteiger partial charge in [0.1, 0.15) is 6.61 Å². The monoisotopic (exact) mass is 1010 g/mol. The maximum absolute atomic E-state index is 12.3. The molecule has 1 N–H and O–H groups in total. The summed E-state index contributed by atoms with van der Waals surface area (Å²) in [7, 11) is 0. The number of carbonyl (C=O) groups excluding carboxylic acids is 2. The first-order valence-corrected chi connectivity index (χ1v) is 30.6. The molecule has 0 spiro atoms. The number of hydrogen-bond acceptors (Lipinski definition) is 5. The van der Waals surface area contributed by atoms with Gasteiger partial charge in [0.05, 0.1) is 6.61 Å². The van der Waals surface area contributed by atoms with Gasteiger partial charge in [-0.2, -0.15) is 0 Å². The molecule has 5 heteroatoms. The largest absolute Gasteiger partial charge is 0.462 e. The average molecular weight is 1010 g/mol. The number of ether oxygens (including phenoxy) is 2. The number of aliphatic hydroxyl groups is 1. The number of hydrogen-bond donors (Lipinski definition) is 1. The minimum absolute atomic E-state index is 0.0802. The minimum atomic E-state index is -0.793. The Morgan fingerprint density at radius 2 is 0.589 bits per heavy atom. The molecule has 0 aromatic carbocycles. The Balaban J connectivity index is 3.60. The van der Waals surface area contributed by atoms with Crippen LogP contribution in [0.15, 0.2) is 122 Å². The molecule has 0 saturated heterocycles. The van der Waals surface area contributed by atoms with E-state index in [1.807, 2.05) is 0 Å². The van der Waals surface area contributed by atoms with Crippen LogP contribution in [0.25, 0.3) is 0 Å². The second kappa shape index (κ2) is 62.6. The van der Waals surface area contributed by atoms with Crippen molar-refractivity contribution in [2.45, 2.75) is 283 Å². The molecule has 1 atom stereocenters. The fourth-order valence-corrected chi connectivity index (χ4v) is 8.47. The number of rotatable bonds is 55. The lowest BCUT2D eigenvalue weighted by Gasteiger charge is -2.15. The summed E-state index contributed by atoms with van der Waals surface area (Å²) < 4.78 is 10.7. The molecular formula is C68H114O5. The van der Waals surface area contributed by atoms with Crippen LogP contribution < -0.4 is 0 Å². The third-order valence-corrected chi connectivity index (χ3v) is 13.0. The molecule has 416 valence electrons. The molecule has 0 rings (SSSR count). The van der Waals surface area contributed by atoms with Crippen molar-refractivity contribution in [3.8, 4) is 0 Å². The van der Waals surface area contributed by atoms with E-state index < -0.39 is 6.10 Å². The summed E-state index contributed by atoms with van der Waals surface area (Å²) >= 11 is 0. The van der Waals surface area contributed by atoms with Gasteiger partial charge >= 0.3 is 11.9 Å². The van der Waals surface area contributed by atoms with Crippen LogP contribution in [0, 0.1) is 0 Å². The maximum Gasteiger partial charge on any atom is 0.306 e. The normalized spacial score (nSPS) is 13.1. The van der Waals surface area contributed by atoms with Crippen LogP contribution >= 0.6 is 0 Å². The van der Waals surface area contributed by atoms with E-state index in [-0.39, 0.29) is 25.2 Å². The molecule has 0 fully saturated rings. The summed E-state index contributed by atoms with van der Waals surface area (Å²) in [6, 6.07) is 0. The first kappa shape index (κ1) is 69.3. The smallest absolute Gasteiger partial charge is 0.306 e. The molecular weight excluding hydrogens is 897 g/mol. The zero-order valence-electron chi connectivity index (χ0n) is 47.6. The second-order valence-electron chi connectivity index (χ2n) is 20.1. The molecule has 1 unspecified atom stereocenters. The van der Waals surface area contributed by atoms with E-state index in [1.54, 1.807) is 0 Å². The SMILES string of the molecule is CC/C=C\C/C=C\C/C=C\C/C=C\C/C=C\C/C=C\C/C=C\C/C=C\C/C=C\C/C=C\CCCCCCC(=O)OC(CO)COC(=O)CCCCCCCCCCCCCCCCCCCCCCCCCC. The van der Waals surface area contributed by atoms with Crippen molar-refractivity contribution in [3.63, 3.8) is 0 Å². The van der Waals surface area contributed by atoms with Gasteiger partial charge in [-0.1, -0.05) is 296 Å². The first-order chi connectivity index (χ1) is 36.1. The van der Waals surface area contributed by atoms with E-state index in [9.17, 15) is 14.7 Å². The van der Waals surface area contributed by atoms with Gasteiger partial charge in [-0.25, -0.2) is 0 Å². The fourth-order valence-electron chi connectivity index (χ4n) is 8.47. The number of carbonyl (C=O) groups is 2. The van der Waals surface area contributed by atoms with E-state index in [1.165, 1.54) is 135 Å². The van der Waals surface area contributed by atoms with Gasteiger partial charge in [-0.3, -0.25) is 9.59 Å². The van der Waals surface area contributed by atoms with Crippen molar-refractivity contribution in [3.05, 3.63) is 122 Å². The summed E-state index contributed by atoms with van der Waals surface area (Å²) in [6.45, 7) is 4.03. The van der Waals surface area contributed by atoms with Crippen molar-refractivity contribution < 1.29 is 24.2 Å². The predicted octanol–water partition coefficient (Wildman–Crippen LogP) is 21.0. The molecule has 0 saturated carbocycles. The van der Waals surface area contributed by atoms with Crippen molar-refractivity contribution in [2.24, 2.45) is 0 Å². The zero-order valence-corrected chi connectivity index (χ0v) is 47.6. The van der Waals surface area contributed by atoms with E-state index >= 15 is 0 Å². The first-order valence-electron chi connectivity index (χ1n) is 30.6. The maximum atomic E-state index is 12.3. The number of unbranched alkanes of at least 4 members (excludes halogenated alkanes) is 27. The molecule has 0 aliphatic heterocycles. The third-order valence-electron chi connectivity index (χ3n) is 13.0. The standard InChI is InChI=1S/C68H114O5/c1-3-5-7-9-11-13-15-17-19-21-23-25-27-29-30-31-32-33-34-35-36-37-38-39-41-43-45-47-49-51-53-55-57-59-61-63-68(71)73-66(64-69)65-72-67(70)62-60-58-56-54-52-50-48-46-44-42-40-28-26-24-22-20-18-16-14-12-10-8-6-4-2/h5,7,11,13,17,19,23,25,29-30,32-33,35-36,38-39,43,45,49,51,66,69H,3-4,6,8-10,12,14-16,18,20-22,24,26-28,31,34,37,40-42,44,46-48,50,52-65H2,1-2H3/b7-5-,13-11-,19-17-,25-23-,30-29-,33-32-,36-35-,39-38-,45-43-,51-49-. The Bertz CT molecular complexity index is 1470. The molecule has 0 aromatic heterocycles. The van der Waals surface area contributed by atoms with E-state index in [0.29, 0.717) is 12.8 Å². The summed E-state index contributed by atoms with van der Waals surface area (Å²) in [4.78, 5) is 24.6. The molecule has 0 aromatic rings. The topological polar surface area (TPSA) is 72.8 Å². The highest BCUT2D eigenvalue weighted by molar-refractivity contribution is 5.70. The van der Waals surface area contributed by atoms with Gasteiger partial charge in [0.15, 0.2) is 6.10 Å². The van der Waals surface area contributed by atoms with E-state index in [2.05, 4.69) is 135 Å². The molecule has 0 aliphatic rings. The van der Waals surface area contributed by atoms with E-state index in [0.717, 1.165) is 116 Å². The van der Waals surface area contributed by atoms with Gasteiger partial charge in [-0.15, -0.1) is 0 Å². The van der Waals surface area contributed by atoms with Crippen molar-refractivity contribution in [1.82, 2.24) is 0 Å². The summed E-state index contributed by atoms with van der Waals surface area (Å²) in [5, 5.41) is 9.67. The zero-order chi connectivity index (χ0) is 52.7. The molecule has 0 heterocycles.